The third-order valence-corrected chi connectivity index (χ3v) is 4.63. The van der Waals surface area contributed by atoms with Gasteiger partial charge in [-0.25, -0.2) is 9.78 Å². The largest absolute Gasteiger partial charge is 0.463 e. The molecule has 27 heavy (non-hydrogen) atoms. The summed E-state index contributed by atoms with van der Waals surface area (Å²) in [7, 11) is 0. The Morgan fingerprint density at radius 3 is 2.93 bits per heavy atom. The van der Waals surface area contributed by atoms with Crippen molar-refractivity contribution in [3.05, 3.63) is 59.6 Å². The zero-order chi connectivity index (χ0) is 19.1. The van der Waals surface area contributed by atoms with Gasteiger partial charge >= 0.3 is 5.97 Å². The second kappa shape index (κ2) is 9.28. The summed E-state index contributed by atoms with van der Waals surface area (Å²) in [6.45, 7) is 7.33. The summed E-state index contributed by atoms with van der Waals surface area (Å²) in [5, 5.41) is 3.45. The molecule has 0 saturated carbocycles. The number of nitrogens with one attached hydrogen (secondary N) is 1. The number of aromatic nitrogens is 2. The predicted molar refractivity (Wildman–Crippen MR) is 106 cm³/mol. The van der Waals surface area contributed by atoms with Crippen LogP contribution in [0.1, 0.15) is 30.2 Å². The third-order valence-electron chi connectivity index (χ3n) is 4.63. The van der Waals surface area contributed by atoms with Gasteiger partial charge < -0.3 is 10.1 Å². The number of likely N-dealkylation sites (tertiary alicyclic amines) is 1. The van der Waals surface area contributed by atoms with Gasteiger partial charge in [0.15, 0.2) is 0 Å². The molecule has 6 nitrogen and oxygen atoms in total. The third kappa shape index (κ3) is 5.62. The molecule has 0 radical (unpaired) electrons. The second-order valence-electron chi connectivity index (χ2n) is 6.70. The number of ether oxygens (including phenoxy) is 1. The molecule has 6 heteroatoms. The molecule has 2 aromatic rings. The van der Waals surface area contributed by atoms with E-state index in [1.54, 1.807) is 25.4 Å². The van der Waals surface area contributed by atoms with Crippen LogP contribution in [0.3, 0.4) is 0 Å². The van der Waals surface area contributed by atoms with E-state index in [4.69, 9.17) is 4.74 Å². The van der Waals surface area contributed by atoms with Gasteiger partial charge in [-0.05, 0) is 37.5 Å². The van der Waals surface area contributed by atoms with Crippen LogP contribution in [0.2, 0.25) is 0 Å². The van der Waals surface area contributed by atoms with Crippen molar-refractivity contribution in [2.75, 3.05) is 25.0 Å². The molecule has 142 valence electrons. The highest BCUT2D eigenvalue weighted by Gasteiger charge is 2.22. The standard InChI is InChI=1S/C21H26N4O2/c1-3-27-21(26)9-8-18-12-23-20(13-22-18)24-19-10-11-25(15-19)14-17-7-5-4-6-16(17)2/h4-9,12-13,19H,3,10-11,14-15H2,1-2H3,(H,23,24)/t19-/m1/s1. The van der Waals surface area contributed by atoms with E-state index in [1.165, 1.54) is 17.2 Å². The van der Waals surface area contributed by atoms with Gasteiger partial charge in [0.1, 0.15) is 5.82 Å². The molecular formula is C21H26N4O2. The fraction of sp³-hybridized carbons (Fsp3) is 0.381. The second-order valence-corrected chi connectivity index (χ2v) is 6.70. The number of hydrogen-bond acceptors (Lipinski definition) is 6. The monoisotopic (exact) mass is 366 g/mol. The Balaban J connectivity index is 1.50. The van der Waals surface area contributed by atoms with E-state index >= 15 is 0 Å². The molecule has 3 rings (SSSR count). The Bertz CT molecular complexity index is 789. The van der Waals surface area contributed by atoms with Gasteiger partial charge in [-0.2, -0.15) is 0 Å². The van der Waals surface area contributed by atoms with Gasteiger partial charge in [-0.1, -0.05) is 24.3 Å². The van der Waals surface area contributed by atoms with Crippen molar-refractivity contribution in [3.8, 4) is 0 Å². The summed E-state index contributed by atoms with van der Waals surface area (Å²) in [6.07, 6.45) is 7.40. The molecule has 2 heterocycles. The van der Waals surface area contributed by atoms with E-state index < -0.39 is 0 Å². The molecule has 0 aliphatic carbocycles. The van der Waals surface area contributed by atoms with Crippen LogP contribution in [-0.2, 0) is 16.1 Å². The summed E-state index contributed by atoms with van der Waals surface area (Å²) in [4.78, 5) is 22.5. The number of aryl methyl sites for hydroxylation is 1. The summed E-state index contributed by atoms with van der Waals surface area (Å²) in [5.41, 5.74) is 3.35. The molecule has 1 saturated heterocycles. The molecule has 0 spiro atoms. The molecule has 1 atom stereocenters. The zero-order valence-corrected chi connectivity index (χ0v) is 15.9. The molecule has 1 aromatic carbocycles. The number of rotatable bonds is 7. The minimum absolute atomic E-state index is 0.361. The van der Waals surface area contributed by atoms with Gasteiger partial charge in [0.2, 0.25) is 0 Å². The van der Waals surface area contributed by atoms with Crippen molar-refractivity contribution >= 4 is 17.9 Å². The quantitative estimate of drug-likeness (QED) is 0.600. The van der Waals surface area contributed by atoms with Crippen LogP contribution >= 0.6 is 0 Å². The van der Waals surface area contributed by atoms with Crippen molar-refractivity contribution < 1.29 is 9.53 Å². The molecule has 1 aliphatic rings. The fourth-order valence-electron chi connectivity index (χ4n) is 3.17. The average molecular weight is 366 g/mol. The maximum absolute atomic E-state index is 11.3. The minimum atomic E-state index is -0.374. The first-order valence-corrected chi connectivity index (χ1v) is 9.34. The number of benzene rings is 1. The zero-order valence-electron chi connectivity index (χ0n) is 15.9. The smallest absolute Gasteiger partial charge is 0.330 e. The molecule has 1 fully saturated rings. The molecule has 0 amide bonds. The fourth-order valence-corrected chi connectivity index (χ4v) is 3.17. The number of nitrogens with zero attached hydrogens (tertiary/aromatic N) is 3. The maximum atomic E-state index is 11.3. The van der Waals surface area contributed by atoms with Crippen LogP contribution < -0.4 is 5.32 Å². The molecule has 0 unspecified atom stereocenters. The number of esters is 1. The topological polar surface area (TPSA) is 67.3 Å². The van der Waals surface area contributed by atoms with Crippen LogP contribution in [0.5, 0.6) is 0 Å². The van der Waals surface area contributed by atoms with Crippen LogP contribution in [-0.4, -0.2) is 46.6 Å². The summed E-state index contributed by atoms with van der Waals surface area (Å²) < 4.78 is 4.85. The van der Waals surface area contributed by atoms with E-state index in [2.05, 4.69) is 51.4 Å². The number of anilines is 1. The summed E-state index contributed by atoms with van der Waals surface area (Å²) >= 11 is 0. The first-order valence-electron chi connectivity index (χ1n) is 9.34. The SMILES string of the molecule is CCOC(=O)C=Cc1cnc(N[C@@H]2CCN(Cc3ccccc3C)C2)cn1. The van der Waals surface area contributed by atoms with Crippen LogP contribution in [0.25, 0.3) is 6.08 Å². The summed E-state index contributed by atoms with van der Waals surface area (Å²) in [5.74, 6) is 0.382. The van der Waals surface area contributed by atoms with E-state index in [9.17, 15) is 4.79 Å². The number of hydrogen-bond donors (Lipinski definition) is 1. The van der Waals surface area contributed by atoms with Crippen molar-refractivity contribution in [3.63, 3.8) is 0 Å². The van der Waals surface area contributed by atoms with E-state index in [-0.39, 0.29) is 5.97 Å². The van der Waals surface area contributed by atoms with Crippen LogP contribution in [0.15, 0.2) is 42.7 Å². The van der Waals surface area contributed by atoms with Gasteiger partial charge in [0.25, 0.3) is 0 Å². The van der Waals surface area contributed by atoms with Crippen molar-refractivity contribution in [1.29, 1.82) is 0 Å². The average Bonchev–Trinajstić information content (AvgIpc) is 3.10. The lowest BCUT2D eigenvalue weighted by molar-refractivity contribution is -0.137. The van der Waals surface area contributed by atoms with E-state index in [0.717, 1.165) is 31.9 Å². The highest BCUT2D eigenvalue weighted by molar-refractivity contribution is 5.86. The minimum Gasteiger partial charge on any atom is -0.463 e. The number of carbonyl (C=O) groups excluding carboxylic acids is 1. The Morgan fingerprint density at radius 1 is 1.33 bits per heavy atom. The van der Waals surface area contributed by atoms with E-state index in [0.29, 0.717) is 18.3 Å². The molecule has 1 N–H and O–H groups in total. The van der Waals surface area contributed by atoms with E-state index in [1.807, 2.05) is 0 Å². The Labute approximate surface area is 160 Å². The highest BCUT2D eigenvalue weighted by Crippen LogP contribution is 2.18. The normalized spacial score (nSPS) is 17.3. The lowest BCUT2D eigenvalue weighted by Crippen LogP contribution is -2.26. The highest BCUT2D eigenvalue weighted by atomic mass is 16.5. The van der Waals surface area contributed by atoms with Crippen molar-refractivity contribution in [2.45, 2.75) is 32.9 Å². The predicted octanol–water partition coefficient (Wildman–Crippen LogP) is 3.05. The number of carbonyl (C=O) groups is 1. The Hall–Kier alpha value is -2.73. The van der Waals surface area contributed by atoms with Gasteiger partial charge in [-0.15, -0.1) is 0 Å². The lowest BCUT2D eigenvalue weighted by Gasteiger charge is -2.18. The van der Waals surface area contributed by atoms with Gasteiger partial charge in [-0.3, -0.25) is 9.88 Å². The Morgan fingerprint density at radius 2 is 2.19 bits per heavy atom. The van der Waals surface area contributed by atoms with Crippen molar-refractivity contribution in [2.24, 2.45) is 0 Å². The molecule has 1 aromatic heterocycles. The molecule has 0 bridgehead atoms. The summed E-state index contributed by atoms with van der Waals surface area (Å²) in [6, 6.07) is 8.90. The van der Waals surface area contributed by atoms with Crippen LogP contribution in [0.4, 0.5) is 5.82 Å². The molecular weight excluding hydrogens is 340 g/mol. The van der Waals surface area contributed by atoms with Gasteiger partial charge in [0.05, 0.1) is 24.7 Å². The maximum Gasteiger partial charge on any atom is 0.330 e. The first-order chi connectivity index (χ1) is 13.1. The first kappa shape index (κ1) is 19.0. The Kier molecular flexibility index (Phi) is 6.54. The van der Waals surface area contributed by atoms with Crippen LogP contribution in [0, 0.1) is 6.92 Å². The lowest BCUT2D eigenvalue weighted by atomic mass is 10.1. The molecule has 1 aliphatic heterocycles. The van der Waals surface area contributed by atoms with Gasteiger partial charge in [0, 0.05) is 31.8 Å². The van der Waals surface area contributed by atoms with Crippen molar-refractivity contribution in [1.82, 2.24) is 14.9 Å².